The van der Waals surface area contributed by atoms with E-state index in [0.29, 0.717) is 0 Å². The number of hydrogen-bond donors (Lipinski definition) is 0. The van der Waals surface area contributed by atoms with Crippen molar-refractivity contribution in [1.82, 2.24) is 0 Å². The summed E-state index contributed by atoms with van der Waals surface area (Å²) in [5.74, 6) is 0. The maximum absolute atomic E-state index is 4.54. The molecule has 2 atom stereocenters. The van der Waals surface area contributed by atoms with Crippen LogP contribution in [0.5, 0.6) is 0 Å². The van der Waals surface area contributed by atoms with Crippen LogP contribution in [0.2, 0.25) is 0 Å². The van der Waals surface area contributed by atoms with Crippen molar-refractivity contribution in [3.8, 4) is 22.3 Å². The van der Waals surface area contributed by atoms with Crippen LogP contribution in [-0.2, 0) is 17.3 Å². The summed E-state index contributed by atoms with van der Waals surface area (Å²) < 4.78 is 0. The monoisotopic (exact) mass is 492 g/mol. The maximum atomic E-state index is 4.54. The number of benzene rings is 4. The second-order valence-electron chi connectivity index (χ2n) is 11.2. The molecule has 0 saturated heterocycles. The Hall–Kier alpha value is -3.90. The Labute approximate surface area is 228 Å². The molecular formula is C38H36. The molecule has 0 N–H and O–H groups in total. The summed E-state index contributed by atoms with van der Waals surface area (Å²) in [4.78, 5) is 0. The molecule has 6 rings (SSSR count). The van der Waals surface area contributed by atoms with Gasteiger partial charge >= 0.3 is 0 Å². The van der Waals surface area contributed by atoms with Gasteiger partial charge in [0.15, 0.2) is 0 Å². The quantitative estimate of drug-likeness (QED) is 0.186. The number of allylic oxidation sites excluding steroid dienone is 4. The predicted molar refractivity (Wildman–Crippen MR) is 163 cm³/mol. The van der Waals surface area contributed by atoms with Crippen LogP contribution >= 0.6 is 0 Å². The third-order valence-electron chi connectivity index (χ3n) is 9.44. The van der Waals surface area contributed by atoms with Crippen LogP contribution < -0.4 is 0 Å². The minimum Gasteiger partial charge on any atom is -0.0988 e. The van der Waals surface area contributed by atoms with Crippen LogP contribution in [0.15, 0.2) is 121 Å². The maximum Gasteiger partial charge on any atom is 0.0664 e. The fraction of sp³-hybridized carbons (Fsp3) is 0.211. The molecule has 2 aliphatic rings. The van der Waals surface area contributed by atoms with E-state index in [2.05, 4.69) is 132 Å². The van der Waals surface area contributed by atoms with Gasteiger partial charge in [0.05, 0.1) is 5.41 Å². The number of aryl methyl sites for hydroxylation is 2. The van der Waals surface area contributed by atoms with E-state index in [-0.39, 0.29) is 10.8 Å². The number of hydrogen-bond acceptors (Lipinski definition) is 0. The van der Waals surface area contributed by atoms with Crippen molar-refractivity contribution < 1.29 is 0 Å². The first-order chi connectivity index (χ1) is 18.4. The lowest BCUT2D eigenvalue weighted by Crippen LogP contribution is -2.28. The van der Waals surface area contributed by atoms with E-state index in [4.69, 9.17) is 0 Å². The molecule has 2 unspecified atom stereocenters. The summed E-state index contributed by atoms with van der Waals surface area (Å²) in [6.45, 7) is 17.8. The molecular weight excluding hydrogens is 456 g/mol. The zero-order valence-electron chi connectivity index (χ0n) is 23.1. The minimum atomic E-state index is -0.370. The zero-order chi connectivity index (χ0) is 26.7. The third-order valence-corrected chi connectivity index (χ3v) is 9.44. The highest BCUT2D eigenvalue weighted by Gasteiger charge is 2.46. The van der Waals surface area contributed by atoms with Gasteiger partial charge in [0.2, 0.25) is 0 Å². The highest BCUT2D eigenvalue weighted by Crippen LogP contribution is 2.58. The van der Waals surface area contributed by atoms with Gasteiger partial charge in [-0.05, 0) is 94.8 Å². The topological polar surface area (TPSA) is 0 Å². The van der Waals surface area contributed by atoms with Crippen molar-refractivity contribution >= 4 is 0 Å². The van der Waals surface area contributed by atoms with Gasteiger partial charge in [-0.3, -0.25) is 0 Å². The summed E-state index contributed by atoms with van der Waals surface area (Å²) in [7, 11) is 0. The van der Waals surface area contributed by atoms with Gasteiger partial charge < -0.3 is 0 Å². The molecule has 0 saturated carbocycles. The Morgan fingerprint density at radius 2 is 1.42 bits per heavy atom. The van der Waals surface area contributed by atoms with E-state index in [9.17, 15) is 0 Å². The van der Waals surface area contributed by atoms with Gasteiger partial charge in [-0.15, -0.1) is 0 Å². The van der Waals surface area contributed by atoms with Crippen molar-refractivity contribution in [1.29, 1.82) is 0 Å². The first-order valence-electron chi connectivity index (χ1n) is 13.8. The van der Waals surface area contributed by atoms with E-state index in [1.807, 2.05) is 6.08 Å². The molecule has 0 radical (unpaired) electrons. The van der Waals surface area contributed by atoms with Gasteiger partial charge in [0.1, 0.15) is 0 Å². The predicted octanol–water partition coefficient (Wildman–Crippen LogP) is 9.89. The van der Waals surface area contributed by atoms with Crippen molar-refractivity contribution in [2.24, 2.45) is 0 Å². The molecule has 0 spiro atoms. The largest absolute Gasteiger partial charge is 0.0988 e. The molecule has 38 heavy (non-hydrogen) atoms. The molecule has 0 heterocycles. The molecule has 4 aromatic carbocycles. The normalized spacial score (nSPS) is 20.9. The van der Waals surface area contributed by atoms with E-state index in [0.717, 1.165) is 18.4 Å². The van der Waals surface area contributed by atoms with E-state index >= 15 is 0 Å². The van der Waals surface area contributed by atoms with Gasteiger partial charge in [0, 0.05) is 5.41 Å². The fourth-order valence-corrected chi connectivity index (χ4v) is 7.61. The van der Waals surface area contributed by atoms with Gasteiger partial charge in [-0.25, -0.2) is 0 Å². The summed E-state index contributed by atoms with van der Waals surface area (Å²) in [5, 5.41) is 0. The molecule has 0 aliphatic heterocycles. The Morgan fingerprint density at radius 1 is 0.789 bits per heavy atom. The van der Waals surface area contributed by atoms with Crippen LogP contribution in [0, 0.1) is 6.92 Å². The van der Waals surface area contributed by atoms with Crippen LogP contribution in [0.25, 0.3) is 22.3 Å². The smallest absolute Gasteiger partial charge is 0.0664 e. The Morgan fingerprint density at radius 3 is 2.16 bits per heavy atom. The van der Waals surface area contributed by atoms with E-state index in [1.54, 1.807) is 0 Å². The SMILES string of the molecule is C=CC(=C)C1(C(C)=CC)c2ccccc2-c2c(CCC3(C)c4ccccc4-c4cccc(C)c43)cccc21. The van der Waals surface area contributed by atoms with Crippen molar-refractivity contribution in [3.63, 3.8) is 0 Å². The minimum absolute atomic E-state index is 0.0286. The van der Waals surface area contributed by atoms with Crippen LogP contribution in [0.1, 0.15) is 60.6 Å². The van der Waals surface area contributed by atoms with Gasteiger partial charge in [-0.1, -0.05) is 123 Å². The third kappa shape index (κ3) is 3.10. The number of rotatable bonds is 6. The Balaban J connectivity index is 1.52. The molecule has 0 nitrogen and oxygen atoms in total. The molecule has 0 aromatic heterocycles. The lowest BCUT2D eigenvalue weighted by molar-refractivity contribution is 0.530. The first kappa shape index (κ1) is 24.4. The molecule has 2 aliphatic carbocycles. The van der Waals surface area contributed by atoms with E-state index in [1.165, 1.54) is 61.2 Å². The molecule has 0 heteroatoms. The molecule has 188 valence electrons. The van der Waals surface area contributed by atoms with Crippen LogP contribution in [0.4, 0.5) is 0 Å². The molecule has 0 fully saturated rings. The highest BCUT2D eigenvalue weighted by atomic mass is 14.5. The average molecular weight is 493 g/mol. The Kier molecular flexibility index (Phi) is 5.69. The van der Waals surface area contributed by atoms with Crippen molar-refractivity contribution in [2.75, 3.05) is 0 Å². The summed E-state index contributed by atoms with van der Waals surface area (Å²) in [6.07, 6.45) is 6.24. The van der Waals surface area contributed by atoms with Crippen LogP contribution in [-0.4, -0.2) is 0 Å². The lowest BCUT2D eigenvalue weighted by Gasteiger charge is -2.34. The second kappa shape index (κ2) is 8.84. The van der Waals surface area contributed by atoms with Crippen molar-refractivity contribution in [2.45, 2.75) is 51.4 Å². The summed E-state index contributed by atoms with van der Waals surface area (Å²) in [6, 6.07) is 31.6. The summed E-state index contributed by atoms with van der Waals surface area (Å²) >= 11 is 0. The highest BCUT2D eigenvalue weighted by molar-refractivity contribution is 5.88. The lowest BCUT2D eigenvalue weighted by atomic mass is 9.67. The summed E-state index contributed by atoms with van der Waals surface area (Å²) in [5.41, 5.74) is 15.8. The number of fused-ring (bicyclic) bond motifs is 6. The second-order valence-corrected chi connectivity index (χ2v) is 11.2. The average Bonchev–Trinajstić information content (AvgIpc) is 3.40. The molecule has 0 bridgehead atoms. The van der Waals surface area contributed by atoms with E-state index < -0.39 is 0 Å². The van der Waals surface area contributed by atoms with Gasteiger partial charge in [0.25, 0.3) is 0 Å². The molecule has 0 amide bonds. The van der Waals surface area contributed by atoms with Gasteiger partial charge in [-0.2, -0.15) is 0 Å². The van der Waals surface area contributed by atoms with Crippen molar-refractivity contribution in [3.05, 3.63) is 155 Å². The zero-order valence-corrected chi connectivity index (χ0v) is 23.1. The first-order valence-corrected chi connectivity index (χ1v) is 13.8. The standard InChI is InChI=1S/C38H36/c1-7-26(4)38(27(5)8-2)33-21-12-10-18-31(33)35-28(16-14-22-34(35)38)23-24-37(6)32-20-11-9-17-29(32)30-19-13-15-25(3)36(30)37/h7-22H,1,4,23-24H2,2-3,5-6H3. The van der Waals surface area contributed by atoms with Crippen LogP contribution in [0.3, 0.4) is 0 Å². The fourth-order valence-electron chi connectivity index (χ4n) is 7.61. The Bertz CT molecular complexity index is 1640. The molecule has 4 aromatic rings.